The Morgan fingerprint density at radius 1 is 1.07 bits per heavy atom. The van der Waals surface area contributed by atoms with E-state index in [1.54, 1.807) is 43.3 Å². The van der Waals surface area contributed by atoms with E-state index in [4.69, 9.17) is 4.74 Å². The van der Waals surface area contributed by atoms with Crippen LogP contribution in [0.25, 0.3) is 5.69 Å². The van der Waals surface area contributed by atoms with Crippen molar-refractivity contribution in [1.82, 2.24) is 15.0 Å². The summed E-state index contributed by atoms with van der Waals surface area (Å²) in [4.78, 5) is 39.5. The molecule has 4 rings (SSSR count). The third-order valence-corrected chi connectivity index (χ3v) is 4.36. The van der Waals surface area contributed by atoms with Crippen molar-refractivity contribution in [3.05, 3.63) is 66.0 Å². The molecular formula is C20H17N5O4. The molecule has 3 aromatic rings. The van der Waals surface area contributed by atoms with Gasteiger partial charge in [0, 0.05) is 0 Å². The molecule has 1 N–H and O–H groups in total. The molecule has 1 aromatic heterocycles. The Balaban J connectivity index is 1.46. The summed E-state index contributed by atoms with van der Waals surface area (Å²) in [6.45, 7) is 0.977. The zero-order valence-electron chi connectivity index (χ0n) is 15.5. The summed E-state index contributed by atoms with van der Waals surface area (Å²) in [5.41, 5.74) is 2.19. The number of fused-ring (bicyclic) bond motifs is 1. The Hall–Kier alpha value is -4.01. The lowest BCUT2D eigenvalue weighted by Crippen LogP contribution is -2.44. The van der Waals surface area contributed by atoms with E-state index in [0.717, 1.165) is 0 Å². The predicted octanol–water partition coefficient (Wildman–Crippen LogP) is 1.72. The summed E-state index contributed by atoms with van der Waals surface area (Å²) in [5, 5.41) is 11.1. The number of carbonyl (C=O) groups is 3. The number of ether oxygens (including phenoxy) is 1. The molecule has 2 heterocycles. The molecule has 2 aromatic carbocycles. The van der Waals surface area contributed by atoms with Gasteiger partial charge < -0.3 is 10.1 Å². The third-order valence-electron chi connectivity index (χ3n) is 4.36. The lowest BCUT2D eigenvalue weighted by Gasteiger charge is -2.28. The Bertz CT molecular complexity index is 1090. The monoisotopic (exact) mass is 391 g/mol. The average Bonchev–Trinajstić information content (AvgIpc) is 3.13. The van der Waals surface area contributed by atoms with Gasteiger partial charge in [0.05, 0.1) is 22.8 Å². The Kier molecular flexibility index (Phi) is 4.78. The zero-order chi connectivity index (χ0) is 20.4. The number of hydrogen-bond donors (Lipinski definition) is 1. The summed E-state index contributed by atoms with van der Waals surface area (Å²) < 4.78 is 5.15. The van der Waals surface area contributed by atoms with Crippen LogP contribution < -0.4 is 10.2 Å². The second-order valence-electron chi connectivity index (χ2n) is 6.38. The van der Waals surface area contributed by atoms with Crippen LogP contribution in [0, 0.1) is 6.92 Å². The van der Waals surface area contributed by atoms with Crippen molar-refractivity contribution >= 4 is 29.2 Å². The molecule has 1 aliphatic rings. The first-order chi connectivity index (χ1) is 14.0. The van der Waals surface area contributed by atoms with Crippen molar-refractivity contribution in [1.29, 1.82) is 0 Å². The van der Waals surface area contributed by atoms with Gasteiger partial charge in [-0.2, -0.15) is 9.90 Å². The molecular weight excluding hydrogens is 374 g/mol. The van der Waals surface area contributed by atoms with Crippen molar-refractivity contribution in [3.63, 3.8) is 0 Å². The third kappa shape index (κ3) is 3.70. The molecule has 0 saturated heterocycles. The van der Waals surface area contributed by atoms with Gasteiger partial charge >= 0.3 is 5.97 Å². The zero-order valence-corrected chi connectivity index (χ0v) is 15.5. The van der Waals surface area contributed by atoms with Crippen LogP contribution in [0.1, 0.15) is 16.2 Å². The number of amides is 2. The minimum absolute atomic E-state index is 0.0263. The van der Waals surface area contributed by atoms with E-state index in [2.05, 4.69) is 15.5 Å². The molecule has 0 radical (unpaired) electrons. The first-order valence-electron chi connectivity index (χ1n) is 8.88. The topological polar surface area (TPSA) is 106 Å². The van der Waals surface area contributed by atoms with Gasteiger partial charge in [-0.1, -0.05) is 30.3 Å². The Morgan fingerprint density at radius 2 is 1.79 bits per heavy atom. The van der Waals surface area contributed by atoms with Crippen molar-refractivity contribution in [2.24, 2.45) is 0 Å². The molecule has 2 amide bonds. The van der Waals surface area contributed by atoms with E-state index in [1.807, 2.05) is 18.2 Å². The highest BCUT2D eigenvalue weighted by molar-refractivity contribution is 6.10. The molecule has 146 valence electrons. The van der Waals surface area contributed by atoms with Crippen LogP contribution in [0.2, 0.25) is 0 Å². The first kappa shape index (κ1) is 18.4. The molecule has 29 heavy (non-hydrogen) atoms. The maximum atomic E-state index is 12.6. The largest absolute Gasteiger partial charge is 0.451 e. The molecule has 9 nitrogen and oxygen atoms in total. The van der Waals surface area contributed by atoms with E-state index in [0.29, 0.717) is 22.8 Å². The Morgan fingerprint density at radius 3 is 2.59 bits per heavy atom. The molecule has 0 spiro atoms. The van der Waals surface area contributed by atoms with Crippen molar-refractivity contribution in [2.45, 2.75) is 6.92 Å². The maximum absolute atomic E-state index is 12.6. The highest BCUT2D eigenvalue weighted by atomic mass is 16.5. The van der Waals surface area contributed by atoms with Crippen molar-refractivity contribution in [3.8, 4) is 5.69 Å². The van der Waals surface area contributed by atoms with E-state index < -0.39 is 18.5 Å². The highest BCUT2D eigenvalue weighted by Gasteiger charge is 2.28. The molecule has 0 fully saturated rings. The van der Waals surface area contributed by atoms with Crippen LogP contribution in [0.3, 0.4) is 0 Å². The number of para-hydroxylation sites is 3. The maximum Gasteiger partial charge on any atom is 0.361 e. The number of benzene rings is 2. The van der Waals surface area contributed by atoms with Crippen LogP contribution in [0.15, 0.2) is 54.6 Å². The average molecular weight is 391 g/mol. The lowest BCUT2D eigenvalue weighted by atomic mass is 10.2. The van der Waals surface area contributed by atoms with Gasteiger partial charge in [0.1, 0.15) is 6.54 Å². The minimum atomic E-state index is -0.757. The number of hydrogen-bond acceptors (Lipinski definition) is 6. The number of rotatable bonds is 4. The quantitative estimate of drug-likeness (QED) is 0.679. The summed E-state index contributed by atoms with van der Waals surface area (Å²) >= 11 is 0. The normalized spacial score (nSPS) is 12.9. The van der Waals surface area contributed by atoms with Gasteiger partial charge in [-0.15, -0.1) is 5.10 Å². The van der Waals surface area contributed by atoms with Gasteiger partial charge in [0.25, 0.3) is 5.91 Å². The second kappa shape index (κ2) is 7.55. The molecule has 0 unspecified atom stereocenters. The van der Waals surface area contributed by atoms with Crippen molar-refractivity contribution in [2.75, 3.05) is 23.4 Å². The van der Waals surface area contributed by atoms with Crippen LogP contribution in [-0.2, 0) is 14.3 Å². The van der Waals surface area contributed by atoms with E-state index in [-0.39, 0.29) is 18.1 Å². The van der Waals surface area contributed by atoms with Gasteiger partial charge in [0.15, 0.2) is 12.3 Å². The van der Waals surface area contributed by atoms with E-state index in [1.165, 1.54) is 9.70 Å². The van der Waals surface area contributed by atoms with Crippen molar-refractivity contribution < 1.29 is 19.1 Å². The molecule has 0 bridgehead atoms. The highest BCUT2D eigenvalue weighted by Crippen LogP contribution is 2.28. The van der Waals surface area contributed by atoms with Gasteiger partial charge in [0.2, 0.25) is 5.91 Å². The smallest absolute Gasteiger partial charge is 0.361 e. The fourth-order valence-electron chi connectivity index (χ4n) is 2.97. The number of nitrogens with one attached hydrogen (secondary N) is 1. The van der Waals surface area contributed by atoms with Crippen LogP contribution in [0.5, 0.6) is 0 Å². The lowest BCUT2D eigenvalue weighted by molar-refractivity contribution is -0.124. The number of aryl methyl sites for hydroxylation is 1. The number of aromatic nitrogens is 3. The first-order valence-corrected chi connectivity index (χ1v) is 8.88. The van der Waals surface area contributed by atoms with Gasteiger partial charge in [-0.25, -0.2) is 4.79 Å². The minimum Gasteiger partial charge on any atom is -0.451 e. The van der Waals surface area contributed by atoms with Crippen LogP contribution in [0.4, 0.5) is 11.4 Å². The Labute approximate surface area is 165 Å². The molecule has 0 aliphatic carbocycles. The summed E-state index contributed by atoms with van der Waals surface area (Å²) in [7, 11) is 0. The SMILES string of the molecule is Cc1nn(-c2ccccc2)nc1C(=O)OCC(=O)N1CC(=O)Nc2ccccc21. The summed E-state index contributed by atoms with van der Waals surface area (Å²) in [5.74, 6) is -1.58. The van der Waals surface area contributed by atoms with E-state index >= 15 is 0 Å². The fourth-order valence-corrected chi connectivity index (χ4v) is 2.97. The molecule has 0 atom stereocenters. The number of nitrogens with zero attached hydrogens (tertiary/aromatic N) is 4. The molecule has 1 aliphatic heterocycles. The number of esters is 1. The van der Waals surface area contributed by atoms with Gasteiger partial charge in [-0.05, 0) is 31.2 Å². The standard InChI is InChI=1S/C20H17N5O4/c1-13-19(23-25(22-13)14-7-3-2-4-8-14)20(28)29-12-18(27)24-11-17(26)21-15-9-5-6-10-16(15)24/h2-10H,11-12H2,1H3,(H,21,26). The number of anilines is 2. The molecule has 0 saturated carbocycles. The summed E-state index contributed by atoms with van der Waals surface area (Å²) in [6.07, 6.45) is 0. The second-order valence-corrected chi connectivity index (χ2v) is 6.38. The summed E-state index contributed by atoms with van der Waals surface area (Å²) in [6, 6.07) is 16.1. The predicted molar refractivity (Wildman–Crippen MR) is 104 cm³/mol. The van der Waals surface area contributed by atoms with E-state index in [9.17, 15) is 14.4 Å². The van der Waals surface area contributed by atoms with Crippen LogP contribution >= 0.6 is 0 Å². The van der Waals surface area contributed by atoms with Crippen LogP contribution in [-0.4, -0.2) is 45.9 Å². The fraction of sp³-hybridized carbons (Fsp3) is 0.150. The van der Waals surface area contributed by atoms with Gasteiger partial charge in [-0.3, -0.25) is 14.5 Å². The molecule has 9 heteroatoms. The number of carbonyl (C=O) groups excluding carboxylic acids is 3.